The van der Waals surface area contributed by atoms with Gasteiger partial charge in [0.05, 0.1) is 11.9 Å². The maximum Gasteiger partial charge on any atom is 0.243 e. The normalized spacial score (nSPS) is 14.4. The fourth-order valence-corrected chi connectivity index (χ4v) is 6.48. The second-order valence-corrected chi connectivity index (χ2v) is 13.1. The molecule has 0 aromatic heterocycles. The van der Waals surface area contributed by atoms with Gasteiger partial charge in [0.2, 0.25) is 21.8 Å². The molecule has 7 nitrogen and oxygen atoms in total. The predicted molar refractivity (Wildman–Crippen MR) is 164 cm³/mol. The average Bonchev–Trinajstić information content (AvgIpc) is 3.47. The maximum atomic E-state index is 13.9. The van der Waals surface area contributed by atoms with Crippen molar-refractivity contribution in [1.82, 2.24) is 10.2 Å². The van der Waals surface area contributed by atoms with E-state index in [2.05, 4.69) is 5.32 Å². The van der Waals surface area contributed by atoms with E-state index in [9.17, 15) is 22.4 Å². The number of nitrogens with one attached hydrogen (secondary N) is 1. The number of nitrogens with zero attached hydrogens (tertiary/aromatic N) is 2. The molecule has 224 valence electrons. The second-order valence-electron chi connectivity index (χ2n) is 10.8. The number of hydrogen-bond donors (Lipinski definition) is 1. The molecular formula is C32H37ClFN3O4S. The van der Waals surface area contributed by atoms with Gasteiger partial charge in [0, 0.05) is 37.0 Å². The van der Waals surface area contributed by atoms with Crippen LogP contribution >= 0.6 is 11.6 Å². The van der Waals surface area contributed by atoms with E-state index < -0.39 is 21.9 Å². The molecule has 0 saturated heterocycles. The van der Waals surface area contributed by atoms with Gasteiger partial charge >= 0.3 is 0 Å². The van der Waals surface area contributed by atoms with E-state index >= 15 is 0 Å². The van der Waals surface area contributed by atoms with E-state index in [1.807, 2.05) is 30.3 Å². The van der Waals surface area contributed by atoms with Crippen molar-refractivity contribution in [2.24, 2.45) is 0 Å². The van der Waals surface area contributed by atoms with Crippen LogP contribution in [0.5, 0.6) is 0 Å². The minimum absolute atomic E-state index is 0.00970. The van der Waals surface area contributed by atoms with Crippen molar-refractivity contribution in [2.75, 3.05) is 17.1 Å². The third-order valence-corrected chi connectivity index (χ3v) is 8.92. The molecule has 1 aliphatic carbocycles. The lowest BCUT2D eigenvalue weighted by Crippen LogP contribution is -2.52. The summed E-state index contributed by atoms with van der Waals surface area (Å²) in [6.07, 6.45) is 5.56. The molecule has 2 amide bonds. The predicted octanol–water partition coefficient (Wildman–Crippen LogP) is 5.72. The molecule has 1 aliphatic rings. The lowest BCUT2D eigenvalue weighted by atomic mass is 10.0. The van der Waals surface area contributed by atoms with E-state index in [0.29, 0.717) is 22.7 Å². The smallest absolute Gasteiger partial charge is 0.243 e. The molecule has 42 heavy (non-hydrogen) atoms. The Morgan fingerprint density at radius 2 is 1.67 bits per heavy atom. The summed E-state index contributed by atoms with van der Waals surface area (Å²) < 4.78 is 40.1. The zero-order valence-corrected chi connectivity index (χ0v) is 25.3. The Bertz CT molecular complexity index is 1450. The van der Waals surface area contributed by atoms with E-state index in [4.69, 9.17) is 11.6 Å². The van der Waals surface area contributed by atoms with E-state index in [-0.39, 0.29) is 43.8 Å². The number of carbonyl (C=O) groups excluding carboxylic acids is 2. The van der Waals surface area contributed by atoms with Gasteiger partial charge in [-0.3, -0.25) is 13.9 Å². The van der Waals surface area contributed by atoms with Gasteiger partial charge in [-0.15, -0.1) is 0 Å². The fourth-order valence-electron chi connectivity index (χ4n) is 5.34. The number of hydrogen-bond acceptors (Lipinski definition) is 4. The highest BCUT2D eigenvalue weighted by Gasteiger charge is 2.32. The van der Waals surface area contributed by atoms with Crippen molar-refractivity contribution in [3.63, 3.8) is 0 Å². The average molecular weight is 614 g/mol. The van der Waals surface area contributed by atoms with Crippen LogP contribution in [-0.2, 0) is 32.6 Å². The Labute approximate surface area is 252 Å². The van der Waals surface area contributed by atoms with Crippen molar-refractivity contribution in [2.45, 2.75) is 63.6 Å². The van der Waals surface area contributed by atoms with Crippen LogP contribution in [0.15, 0.2) is 78.9 Å². The number of rotatable bonds is 13. The molecular weight excluding hydrogens is 577 g/mol. The third kappa shape index (κ3) is 9.03. The van der Waals surface area contributed by atoms with Gasteiger partial charge in [-0.2, -0.15) is 0 Å². The van der Waals surface area contributed by atoms with Crippen molar-refractivity contribution in [3.05, 3.63) is 101 Å². The Kier molecular flexibility index (Phi) is 11.0. The molecule has 1 saturated carbocycles. The molecule has 0 radical (unpaired) electrons. The van der Waals surface area contributed by atoms with Crippen LogP contribution in [0.1, 0.15) is 49.7 Å². The highest BCUT2D eigenvalue weighted by molar-refractivity contribution is 7.92. The summed E-state index contributed by atoms with van der Waals surface area (Å²) >= 11 is 6.10. The molecule has 0 heterocycles. The summed E-state index contributed by atoms with van der Waals surface area (Å²) in [4.78, 5) is 29.2. The summed E-state index contributed by atoms with van der Waals surface area (Å²) in [5.74, 6) is -0.905. The first-order valence-corrected chi connectivity index (χ1v) is 16.4. The summed E-state index contributed by atoms with van der Waals surface area (Å²) in [6, 6.07) is 21.2. The number of amides is 2. The first-order valence-electron chi connectivity index (χ1n) is 14.2. The Hall–Kier alpha value is -3.43. The summed E-state index contributed by atoms with van der Waals surface area (Å²) in [6.45, 7) is 0.172. The zero-order chi connectivity index (χ0) is 30.1. The minimum Gasteiger partial charge on any atom is -0.352 e. The SMILES string of the molecule is CS(=O)(=O)N(CCCC(=O)N(Cc1ccc(F)cc1)[C@H](Cc1ccccc1)C(=O)NC1CCCC1)c1cccc(Cl)c1. The topological polar surface area (TPSA) is 86.8 Å². The minimum atomic E-state index is -3.64. The molecule has 1 atom stereocenters. The van der Waals surface area contributed by atoms with Crippen LogP contribution < -0.4 is 9.62 Å². The molecule has 1 fully saturated rings. The van der Waals surface area contributed by atoms with E-state index in [1.54, 1.807) is 41.3 Å². The second kappa shape index (κ2) is 14.6. The van der Waals surface area contributed by atoms with Crippen LogP contribution in [-0.4, -0.2) is 50.0 Å². The largest absolute Gasteiger partial charge is 0.352 e. The third-order valence-electron chi connectivity index (χ3n) is 7.49. The highest BCUT2D eigenvalue weighted by Crippen LogP contribution is 2.24. The van der Waals surface area contributed by atoms with Gasteiger partial charge in [0.25, 0.3) is 0 Å². The van der Waals surface area contributed by atoms with Crippen LogP contribution in [0.3, 0.4) is 0 Å². The number of anilines is 1. The highest BCUT2D eigenvalue weighted by atomic mass is 35.5. The zero-order valence-electron chi connectivity index (χ0n) is 23.7. The Balaban J connectivity index is 1.58. The first kappa shape index (κ1) is 31.5. The quantitative estimate of drug-likeness (QED) is 0.267. The van der Waals surface area contributed by atoms with Crippen LogP contribution in [0.2, 0.25) is 5.02 Å². The molecule has 0 aliphatic heterocycles. The molecule has 0 bridgehead atoms. The lowest BCUT2D eigenvalue weighted by Gasteiger charge is -2.33. The van der Waals surface area contributed by atoms with Crippen molar-refractivity contribution < 1.29 is 22.4 Å². The molecule has 10 heteroatoms. The van der Waals surface area contributed by atoms with Crippen LogP contribution in [0.25, 0.3) is 0 Å². The number of benzene rings is 3. The number of halogens is 2. The summed E-state index contributed by atoms with van der Waals surface area (Å²) in [5.41, 5.74) is 2.01. The van der Waals surface area contributed by atoms with Crippen LogP contribution in [0, 0.1) is 5.82 Å². The van der Waals surface area contributed by atoms with Crippen LogP contribution in [0.4, 0.5) is 10.1 Å². The fraction of sp³-hybridized carbons (Fsp3) is 0.375. The molecule has 1 N–H and O–H groups in total. The summed E-state index contributed by atoms with van der Waals surface area (Å²) in [7, 11) is -3.64. The lowest BCUT2D eigenvalue weighted by molar-refractivity contribution is -0.141. The molecule has 3 aromatic carbocycles. The molecule has 4 rings (SSSR count). The standard InChI is InChI=1S/C32H37ClFN3O4S/c1-42(40,41)37(29-14-7-11-26(33)22-29)20-8-15-31(38)36(23-25-16-18-27(34)19-17-25)30(21-24-9-3-2-4-10-24)32(39)35-28-12-5-6-13-28/h2-4,7,9-11,14,16-19,22,28,30H,5-6,8,12-13,15,20-21,23H2,1H3,(H,35,39)/t30-/m1/s1. The Morgan fingerprint density at radius 3 is 2.31 bits per heavy atom. The molecule has 0 spiro atoms. The number of sulfonamides is 1. The molecule has 0 unspecified atom stereocenters. The summed E-state index contributed by atoms with van der Waals surface area (Å²) in [5, 5.41) is 3.56. The maximum absolute atomic E-state index is 13.9. The van der Waals surface area contributed by atoms with Crippen molar-refractivity contribution in [3.8, 4) is 0 Å². The van der Waals surface area contributed by atoms with Gasteiger partial charge in [0.1, 0.15) is 11.9 Å². The van der Waals surface area contributed by atoms with E-state index in [1.165, 1.54) is 16.4 Å². The van der Waals surface area contributed by atoms with Gasteiger partial charge in [-0.1, -0.05) is 73.0 Å². The van der Waals surface area contributed by atoms with E-state index in [0.717, 1.165) is 37.5 Å². The Morgan fingerprint density at radius 1 is 0.976 bits per heavy atom. The van der Waals surface area contributed by atoms with Gasteiger partial charge in [0.15, 0.2) is 0 Å². The number of carbonyl (C=O) groups is 2. The monoisotopic (exact) mass is 613 g/mol. The van der Waals surface area contributed by atoms with Gasteiger partial charge in [-0.25, -0.2) is 12.8 Å². The van der Waals surface area contributed by atoms with Crippen molar-refractivity contribution in [1.29, 1.82) is 0 Å². The van der Waals surface area contributed by atoms with Crippen molar-refractivity contribution >= 4 is 39.1 Å². The van der Waals surface area contributed by atoms with Gasteiger partial charge in [-0.05, 0) is 60.7 Å². The molecule has 3 aromatic rings. The van der Waals surface area contributed by atoms with Gasteiger partial charge < -0.3 is 10.2 Å². The first-order chi connectivity index (χ1) is 20.1.